The lowest BCUT2D eigenvalue weighted by molar-refractivity contribution is -0.384. The van der Waals surface area contributed by atoms with E-state index >= 15 is 0 Å². The molecule has 1 aliphatic heterocycles. The molecule has 0 fully saturated rings. The Morgan fingerprint density at radius 3 is 2.75 bits per heavy atom. The Bertz CT molecular complexity index is 1240. The van der Waals surface area contributed by atoms with Gasteiger partial charge in [0, 0.05) is 23.5 Å². The summed E-state index contributed by atoms with van der Waals surface area (Å²) in [4.78, 5) is 28.9. The molecule has 0 aliphatic carbocycles. The topological polar surface area (TPSA) is 115 Å². The third-order valence-electron chi connectivity index (χ3n) is 5.02. The monoisotopic (exact) mass is 450 g/mol. The fraction of sp³-hybridized carbons (Fsp3) is 0.227. The first-order valence-electron chi connectivity index (χ1n) is 10.1. The van der Waals surface area contributed by atoms with E-state index in [0.29, 0.717) is 33.6 Å². The molecule has 0 radical (unpaired) electrons. The van der Waals surface area contributed by atoms with Crippen LogP contribution in [0.15, 0.2) is 65.0 Å². The molecule has 2 N–H and O–H groups in total. The van der Waals surface area contributed by atoms with Crippen molar-refractivity contribution in [1.29, 1.82) is 0 Å². The molecule has 1 unspecified atom stereocenters. The van der Waals surface area contributed by atoms with Crippen LogP contribution in [0.3, 0.4) is 0 Å². The molecular weight excluding hydrogens is 428 g/mol. The van der Waals surface area contributed by atoms with Crippen molar-refractivity contribution in [1.82, 2.24) is 14.8 Å². The highest BCUT2D eigenvalue weighted by Gasteiger charge is 2.35. The second-order valence-electron chi connectivity index (χ2n) is 7.34. The molecule has 9 nitrogen and oxygen atoms in total. The number of hydrogen-bond donors (Lipinski definition) is 2. The Morgan fingerprint density at radius 1 is 1.25 bits per heavy atom. The first-order chi connectivity index (χ1) is 15.4. The lowest BCUT2D eigenvalue weighted by Crippen LogP contribution is -2.31. The van der Waals surface area contributed by atoms with E-state index in [9.17, 15) is 14.9 Å². The number of carbonyl (C=O) groups is 1. The number of fused-ring (bicyclic) bond motifs is 1. The SMILES string of the molecule is CCSc1nc2n(n1)C(c1cccc([N+](=O)[O-])c1)C(C(=O)Nc1cccc(C)c1)=C(C)N2. The summed E-state index contributed by atoms with van der Waals surface area (Å²) < 4.78 is 1.62. The van der Waals surface area contributed by atoms with Crippen LogP contribution in [-0.4, -0.2) is 31.3 Å². The molecule has 1 aliphatic rings. The lowest BCUT2D eigenvalue weighted by atomic mass is 9.94. The summed E-state index contributed by atoms with van der Waals surface area (Å²) in [7, 11) is 0. The molecule has 3 aromatic rings. The number of nitro groups is 1. The minimum atomic E-state index is -0.672. The van der Waals surface area contributed by atoms with Crippen molar-refractivity contribution in [3.63, 3.8) is 0 Å². The van der Waals surface area contributed by atoms with Crippen molar-refractivity contribution in [3.8, 4) is 0 Å². The Labute approximate surface area is 189 Å². The predicted molar refractivity (Wildman–Crippen MR) is 124 cm³/mol. The van der Waals surface area contributed by atoms with Gasteiger partial charge in [-0.15, -0.1) is 5.10 Å². The summed E-state index contributed by atoms with van der Waals surface area (Å²) in [6, 6.07) is 13.1. The van der Waals surface area contributed by atoms with E-state index in [1.54, 1.807) is 23.7 Å². The number of thioether (sulfide) groups is 1. The molecule has 164 valence electrons. The average Bonchev–Trinajstić information content (AvgIpc) is 3.14. The van der Waals surface area contributed by atoms with Crippen LogP contribution in [0.5, 0.6) is 0 Å². The quantitative estimate of drug-likeness (QED) is 0.322. The number of nitrogens with one attached hydrogen (secondary N) is 2. The molecule has 0 bridgehead atoms. The smallest absolute Gasteiger partial charge is 0.269 e. The molecule has 10 heteroatoms. The fourth-order valence-corrected chi connectivity index (χ4v) is 4.21. The number of anilines is 2. The first-order valence-corrected chi connectivity index (χ1v) is 11.1. The van der Waals surface area contributed by atoms with E-state index in [0.717, 1.165) is 11.3 Å². The van der Waals surface area contributed by atoms with Crippen LogP contribution in [0.1, 0.15) is 31.0 Å². The zero-order valence-electron chi connectivity index (χ0n) is 17.8. The molecule has 0 spiro atoms. The maximum absolute atomic E-state index is 13.4. The zero-order chi connectivity index (χ0) is 22.8. The molecule has 32 heavy (non-hydrogen) atoms. The number of nitro benzene ring substituents is 1. The summed E-state index contributed by atoms with van der Waals surface area (Å²) in [5.41, 5.74) is 3.23. The number of rotatable bonds is 6. The van der Waals surface area contributed by atoms with Gasteiger partial charge in [0.1, 0.15) is 6.04 Å². The van der Waals surface area contributed by atoms with Crippen LogP contribution < -0.4 is 10.6 Å². The van der Waals surface area contributed by atoms with Crippen LogP contribution in [0.25, 0.3) is 0 Å². The number of hydrogen-bond acceptors (Lipinski definition) is 7. The largest absolute Gasteiger partial charge is 0.328 e. The van der Waals surface area contributed by atoms with Gasteiger partial charge in [0.05, 0.1) is 10.5 Å². The number of nitrogens with zero attached hydrogens (tertiary/aromatic N) is 4. The second-order valence-corrected chi connectivity index (χ2v) is 8.57. The molecule has 0 saturated carbocycles. The third kappa shape index (κ3) is 4.22. The molecule has 0 saturated heterocycles. The van der Waals surface area contributed by atoms with Crippen LogP contribution >= 0.6 is 11.8 Å². The van der Waals surface area contributed by atoms with Crippen LogP contribution in [-0.2, 0) is 4.79 Å². The van der Waals surface area contributed by atoms with Gasteiger partial charge >= 0.3 is 0 Å². The molecule has 1 atom stereocenters. The molecule has 1 amide bonds. The van der Waals surface area contributed by atoms with Gasteiger partial charge in [-0.25, -0.2) is 4.68 Å². The Balaban J connectivity index is 1.81. The van der Waals surface area contributed by atoms with E-state index in [1.807, 2.05) is 38.1 Å². The highest BCUT2D eigenvalue weighted by Crippen LogP contribution is 2.37. The standard InChI is InChI=1S/C22H22N6O3S/c1-4-32-22-25-21-23-14(3)18(20(29)24-16-9-5-7-13(2)11-16)19(27(21)26-22)15-8-6-10-17(12-15)28(30)31/h5-12,19H,4H2,1-3H3,(H,24,29)(H,23,25,26). The average molecular weight is 451 g/mol. The maximum Gasteiger partial charge on any atom is 0.269 e. The Morgan fingerprint density at radius 2 is 2.03 bits per heavy atom. The van der Waals surface area contributed by atoms with Gasteiger partial charge in [0.15, 0.2) is 0 Å². The summed E-state index contributed by atoms with van der Waals surface area (Å²) >= 11 is 1.48. The molecule has 1 aromatic heterocycles. The number of aromatic nitrogens is 3. The fourth-order valence-electron chi connectivity index (χ4n) is 3.65. The van der Waals surface area contributed by atoms with Crippen LogP contribution in [0.2, 0.25) is 0 Å². The van der Waals surface area contributed by atoms with Crippen LogP contribution in [0.4, 0.5) is 17.3 Å². The lowest BCUT2D eigenvalue weighted by Gasteiger charge is -2.28. The Kier molecular flexibility index (Phi) is 5.95. The van der Waals surface area contributed by atoms with Gasteiger partial charge in [-0.2, -0.15) is 4.98 Å². The van der Waals surface area contributed by atoms with Crippen molar-refractivity contribution >= 4 is 35.0 Å². The van der Waals surface area contributed by atoms with Gasteiger partial charge in [-0.3, -0.25) is 14.9 Å². The number of aryl methyl sites for hydroxylation is 1. The van der Waals surface area contributed by atoms with E-state index in [4.69, 9.17) is 0 Å². The minimum Gasteiger partial charge on any atom is -0.328 e. The highest BCUT2D eigenvalue weighted by molar-refractivity contribution is 7.99. The summed E-state index contributed by atoms with van der Waals surface area (Å²) in [5.74, 6) is 0.961. The number of non-ortho nitro benzene ring substituents is 1. The molecule has 2 heterocycles. The van der Waals surface area contributed by atoms with E-state index in [2.05, 4.69) is 20.7 Å². The maximum atomic E-state index is 13.4. The molecule has 4 rings (SSSR count). The van der Waals surface area contributed by atoms with E-state index in [1.165, 1.54) is 23.9 Å². The molecular formula is C22H22N6O3S. The summed E-state index contributed by atoms with van der Waals surface area (Å²) in [5, 5.41) is 22.6. The number of amides is 1. The van der Waals surface area contributed by atoms with Crippen molar-refractivity contribution < 1.29 is 9.72 Å². The van der Waals surface area contributed by atoms with E-state index < -0.39 is 11.0 Å². The number of allylic oxidation sites excluding steroid dienone is 1. The van der Waals surface area contributed by atoms with Gasteiger partial charge in [-0.05, 0) is 42.9 Å². The predicted octanol–water partition coefficient (Wildman–Crippen LogP) is 4.53. The second kappa shape index (κ2) is 8.83. The summed E-state index contributed by atoms with van der Waals surface area (Å²) in [6.45, 7) is 5.74. The summed E-state index contributed by atoms with van der Waals surface area (Å²) in [6.07, 6.45) is 0. The van der Waals surface area contributed by atoms with Crippen LogP contribution in [0, 0.1) is 17.0 Å². The zero-order valence-corrected chi connectivity index (χ0v) is 18.6. The minimum absolute atomic E-state index is 0.0537. The van der Waals surface area contributed by atoms with Gasteiger partial charge < -0.3 is 10.6 Å². The normalized spacial score (nSPS) is 15.2. The molecule has 2 aromatic carbocycles. The third-order valence-corrected chi connectivity index (χ3v) is 5.74. The van der Waals surface area contributed by atoms with Crippen molar-refractivity contribution in [2.45, 2.75) is 32.0 Å². The number of carbonyl (C=O) groups excluding carboxylic acids is 1. The van der Waals surface area contributed by atoms with Gasteiger partial charge in [0.2, 0.25) is 11.1 Å². The van der Waals surface area contributed by atoms with Crippen molar-refractivity contribution in [2.75, 3.05) is 16.4 Å². The highest BCUT2D eigenvalue weighted by atomic mass is 32.2. The van der Waals surface area contributed by atoms with Gasteiger partial charge in [-0.1, -0.05) is 43.0 Å². The van der Waals surface area contributed by atoms with Gasteiger partial charge in [0.25, 0.3) is 11.6 Å². The Hall–Kier alpha value is -3.66. The van der Waals surface area contributed by atoms with Crippen molar-refractivity contribution in [2.24, 2.45) is 0 Å². The van der Waals surface area contributed by atoms with E-state index in [-0.39, 0.29) is 11.6 Å². The number of benzene rings is 2. The first kappa shape index (κ1) is 21.6. The van der Waals surface area contributed by atoms with Crippen molar-refractivity contribution in [3.05, 3.63) is 81.0 Å².